The van der Waals surface area contributed by atoms with Crippen molar-refractivity contribution in [1.82, 2.24) is 9.97 Å². The van der Waals surface area contributed by atoms with Gasteiger partial charge in [0.25, 0.3) is 5.91 Å². The number of nitrogens with zero attached hydrogens (tertiary/aromatic N) is 2. The average Bonchev–Trinajstić information content (AvgIpc) is 2.77. The molecule has 0 saturated heterocycles. The Bertz CT molecular complexity index is 1220. The summed E-state index contributed by atoms with van der Waals surface area (Å²) in [6.07, 6.45) is 5.17. The molecular formula is C22H25FN8O2. The van der Waals surface area contributed by atoms with Crippen LogP contribution in [-0.4, -0.2) is 34.0 Å². The van der Waals surface area contributed by atoms with Crippen LogP contribution in [0.5, 0.6) is 0 Å². The Morgan fingerprint density at radius 2 is 1.88 bits per heavy atom. The van der Waals surface area contributed by atoms with Crippen LogP contribution in [0.2, 0.25) is 0 Å². The summed E-state index contributed by atoms with van der Waals surface area (Å²) in [5, 5.41) is 9.29. The SMILES string of the molecule is NC(=O)Nc1cccc2cc(Nc3nc(NC4CCCC[C@@H]4N)c(F)cc3C(N)=O)cnc12. The summed E-state index contributed by atoms with van der Waals surface area (Å²) < 4.78 is 14.7. The number of rotatable bonds is 6. The lowest BCUT2D eigenvalue weighted by Crippen LogP contribution is -2.43. The molecule has 3 amide bonds. The number of urea groups is 1. The maximum atomic E-state index is 14.7. The van der Waals surface area contributed by atoms with Gasteiger partial charge in [0.15, 0.2) is 11.6 Å². The van der Waals surface area contributed by atoms with Gasteiger partial charge in [-0.1, -0.05) is 25.0 Å². The van der Waals surface area contributed by atoms with E-state index in [1.807, 2.05) is 0 Å². The Morgan fingerprint density at radius 1 is 1.09 bits per heavy atom. The van der Waals surface area contributed by atoms with Crippen molar-refractivity contribution in [2.24, 2.45) is 17.2 Å². The predicted molar refractivity (Wildman–Crippen MR) is 125 cm³/mol. The molecular weight excluding hydrogens is 427 g/mol. The second kappa shape index (κ2) is 9.25. The van der Waals surface area contributed by atoms with E-state index in [1.54, 1.807) is 24.3 Å². The van der Waals surface area contributed by atoms with Gasteiger partial charge >= 0.3 is 6.03 Å². The number of anilines is 4. The number of halogens is 1. The summed E-state index contributed by atoms with van der Waals surface area (Å²) in [4.78, 5) is 31.8. The van der Waals surface area contributed by atoms with E-state index in [0.717, 1.165) is 31.7 Å². The van der Waals surface area contributed by atoms with E-state index < -0.39 is 17.8 Å². The number of hydrogen-bond acceptors (Lipinski definition) is 7. The fraction of sp³-hybridized carbons (Fsp3) is 0.273. The van der Waals surface area contributed by atoms with Crippen LogP contribution >= 0.6 is 0 Å². The van der Waals surface area contributed by atoms with Crippen LogP contribution in [0.4, 0.5) is 32.2 Å². The van der Waals surface area contributed by atoms with E-state index in [9.17, 15) is 14.0 Å². The highest BCUT2D eigenvalue weighted by atomic mass is 19.1. The van der Waals surface area contributed by atoms with Crippen molar-refractivity contribution in [3.63, 3.8) is 0 Å². The Morgan fingerprint density at radius 3 is 2.61 bits per heavy atom. The van der Waals surface area contributed by atoms with Gasteiger partial charge in [0, 0.05) is 17.5 Å². The minimum atomic E-state index is -0.827. The van der Waals surface area contributed by atoms with Gasteiger partial charge in [-0.3, -0.25) is 9.78 Å². The van der Waals surface area contributed by atoms with Crippen LogP contribution in [0.3, 0.4) is 0 Å². The van der Waals surface area contributed by atoms with E-state index in [-0.39, 0.29) is 29.3 Å². The summed E-state index contributed by atoms with van der Waals surface area (Å²) in [5.74, 6) is -1.44. The number of hydrogen-bond donors (Lipinski definition) is 6. The third-order valence-electron chi connectivity index (χ3n) is 5.61. The lowest BCUT2D eigenvalue weighted by atomic mass is 9.91. The Hall–Kier alpha value is -3.99. The maximum Gasteiger partial charge on any atom is 0.316 e. The van der Waals surface area contributed by atoms with E-state index in [4.69, 9.17) is 17.2 Å². The van der Waals surface area contributed by atoms with E-state index in [0.29, 0.717) is 22.3 Å². The van der Waals surface area contributed by atoms with Gasteiger partial charge in [0.05, 0.1) is 28.7 Å². The maximum absolute atomic E-state index is 14.7. The number of nitrogens with two attached hydrogens (primary N) is 3. The molecule has 1 aliphatic carbocycles. The van der Waals surface area contributed by atoms with Crippen LogP contribution < -0.4 is 33.2 Å². The highest BCUT2D eigenvalue weighted by Gasteiger charge is 2.24. The molecule has 1 aromatic carbocycles. The lowest BCUT2D eigenvalue weighted by Gasteiger charge is -2.30. The second-order valence-corrected chi connectivity index (χ2v) is 7.99. The summed E-state index contributed by atoms with van der Waals surface area (Å²) in [6, 6.07) is 7.07. The summed E-state index contributed by atoms with van der Waals surface area (Å²) in [6.45, 7) is 0. The molecule has 1 saturated carbocycles. The van der Waals surface area contributed by atoms with Gasteiger partial charge in [0.1, 0.15) is 5.82 Å². The van der Waals surface area contributed by atoms with E-state index in [1.165, 1.54) is 6.20 Å². The number of carbonyl (C=O) groups excluding carboxylic acids is 2. The van der Waals surface area contributed by atoms with E-state index in [2.05, 4.69) is 25.9 Å². The number of fused-ring (bicyclic) bond motifs is 1. The lowest BCUT2D eigenvalue weighted by molar-refractivity contribution is 0.100. The molecule has 0 bridgehead atoms. The minimum Gasteiger partial charge on any atom is -0.365 e. The van der Waals surface area contributed by atoms with Gasteiger partial charge in [-0.25, -0.2) is 14.2 Å². The summed E-state index contributed by atoms with van der Waals surface area (Å²) in [5.41, 5.74) is 18.2. The first-order valence-corrected chi connectivity index (χ1v) is 10.6. The van der Waals surface area contributed by atoms with Crippen molar-refractivity contribution >= 4 is 45.9 Å². The van der Waals surface area contributed by atoms with Crippen molar-refractivity contribution in [2.45, 2.75) is 37.8 Å². The highest BCUT2D eigenvalue weighted by molar-refractivity contribution is 6.01. The normalized spacial score (nSPS) is 18.0. The van der Waals surface area contributed by atoms with Crippen LogP contribution in [-0.2, 0) is 0 Å². The van der Waals surface area contributed by atoms with Crippen molar-refractivity contribution in [3.05, 3.63) is 47.9 Å². The minimum absolute atomic E-state index is 0.00783. The number of primary amides is 2. The number of aromatic nitrogens is 2. The second-order valence-electron chi connectivity index (χ2n) is 7.99. The standard InChI is InChI=1S/C22H25FN8O2/c23-14-9-13(19(25)32)20(31-21(14)29-16-6-2-1-5-15(16)24)28-12-8-11-4-3-7-17(30-22(26)33)18(11)27-10-12/h3-4,7-10,15-16H,1-2,5-6,24H2,(H2,25,32)(H3,26,30,33)(H2,28,29,31)/t15-,16?/m0/s1. The summed E-state index contributed by atoms with van der Waals surface area (Å²) in [7, 11) is 0. The monoisotopic (exact) mass is 452 g/mol. The largest absolute Gasteiger partial charge is 0.365 e. The molecule has 2 aromatic heterocycles. The molecule has 0 radical (unpaired) electrons. The number of carbonyl (C=O) groups is 2. The average molecular weight is 452 g/mol. The first kappa shape index (κ1) is 22.2. The molecule has 1 unspecified atom stereocenters. The smallest absolute Gasteiger partial charge is 0.316 e. The third kappa shape index (κ3) is 4.93. The van der Waals surface area contributed by atoms with Gasteiger partial charge in [-0.05, 0) is 31.0 Å². The van der Waals surface area contributed by atoms with Crippen LogP contribution in [0.25, 0.3) is 10.9 Å². The van der Waals surface area contributed by atoms with Crippen LogP contribution in [0.1, 0.15) is 36.0 Å². The molecule has 2 heterocycles. The summed E-state index contributed by atoms with van der Waals surface area (Å²) >= 11 is 0. The van der Waals surface area contributed by atoms with Crippen LogP contribution in [0.15, 0.2) is 36.5 Å². The number of para-hydroxylation sites is 1. The molecule has 11 heteroatoms. The van der Waals surface area contributed by atoms with E-state index >= 15 is 0 Å². The molecule has 1 fully saturated rings. The molecule has 33 heavy (non-hydrogen) atoms. The molecule has 1 aliphatic rings. The molecule has 0 aliphatic heterocycles. The van der Waals surface area contributed by atoms with Crippen LogP contribution in [0, 0.1) is 5.82 Å². The quantitative estimate of drug-likeness (QED) is 0.333. The van der Waals surface area contributed by atoms with Crippen molar-refractivity contribution in [3.8, 4) is 0 Å². The fourth-order valence-electron chi connectivity index (χ4n) is 3.99. The topological polar surface area (TPSA) is 174 Å². The fourth-order valence-corrected chi connectivity index (χ4v) is 3.99. The number of benzene rings is 1. The zero-order valence-corrected chi connectivity index (χ0v) is 17.8. The number of pyridine rings is 2. The number of nitrogens with one attached hydrogen (secondary N) is 3. The molecule has 2 atom stereocenters. The van der Waals surface area contributed by atoms with Crippen molar-refractivity contribution in [2.75, 3.05) is 16.0 Å². The Balaban J connectivity index is 1.66. The molecule has 10 nitrogen and oxygen atoms in total. The zero-order chi connectivity index (χ0) is 23.5. The van der Waals surface area contributed by atoms with Gasteiger partial charge in [0.2, 0.25) is 0 Å². The zero-order valence-electron chi connectivity index (χ0n) is 17.8. The number of amides is 3. The molecule has 0 spiro atoms. The van der Waals surface area contributed by atoms with Gasteiger partial charge in [-0.2, -0.15) is 0 Å². The molecule has 9 N–H and O–H groups in total. The first-order chi connectivity index (χ1) is 15.8. The molecule has 3 aromatic rings. The highest BCUT2D eigenvalue weighted by Crippen LogP contribution is 2.29. The first-order valence-electron chi connectivity index (χ1n) is 10.6. The van der Waals surface area contributed by atoms with Gasteiger partial charge in [-0.15, -0.1) is 0 Å². The predicted octanol–water partition coefficient (Wildman–Crippen LogP) is 2.78. The van der Waals surface area contributed by atoms with Crippen molar-refractivity contribution in [1.29, 1.82) is 0 Å². The third-order valence-corrected chi connectivity index (χ3v) is 5.61. The Labute approximate surface area is 189 Å². The molecule has 172 valence electrons. The van der Waals surface area contributed by atoms with Crippen molar-refractivity contribution < 1.29 is 14.0 Å². The van der Waals surface area contributed by atoms with Gasteiger partial charge < -0.3 is 33.2 Å². The molecule has 4 rings (SSSR count). The Kier molecular flexibility index (Phi) is 6.22.